The summed E-state index contributed by atoms with van der Waals surface area (Å²) in [4.78, 5) is 12.4. The van der Waals surface area contributed by atoms with Crippen LogP contribution in [0.25, 0.3) is 0 Å². The smallest absolute Gasteiger partial charge is 0.335 e. The topological polar surface area (TPSA) is 49.8 Å². The van der Waals surface area contributed by atoms with Crippen LogP contribution in [-0.4, -0.2) is 37.4 Å². The summed E-state index contributed by atoms with van der Waals surface area (Å²) < 4.78 is 33.4. The van der Waals surface area contributed by atoms with Gasteiger partial charge in [-0.05, 0) is 25.0 Å². The van der Waals surface area contributed by atoms with E-state index < -0.39 is 23.2 Å². The van der Waals surface area contributed by atoms with Gasteiger partial charge in [-0.25, -0.2) is 13.6 Å². The number of aromatic carboxylic acids is 1. The number of carboxylic acids is 1. The molecule has 0 amide bonds. The van der Waals surface area contributed by atoms with Gasteiger partial charge in [0.2, 0.25) is 0 Å². The van der Waals surface area contributed by atoms with E-state index in [2.05, 4.69) is 0 Å². The van der Waals surface area contributed by atoms with Crippen LogP contribution < -0.4 is 4.90 Å². The van der Waals surface area contributed by atoms with Gasteiger partial charge >= 0.3 is 5.97 Å². The summed E-state index contributed by atoms with van der Waals surface area (Å²) in [7, 11) is 1.52. The Hall–Kier alpha value is -1.69. The average molecular weight is 301 g/mol. The van der Waals surface area contributed by atoms with E-state index in [4.69, 9.17) is 9.84 Å². The lowest BCUT2D eigenvalue weighted by Crippen LogP contribution is -2.38. The summed E-state index contributed by atoms with van der Waals surface area (Å²) in [6, 6.07) is 1.66. The molecule has 0 bridgehead atoms. The molecule has 21 heavy (non-hydrogen) atoms. The second kappa shape index (κ2) is 7.93. The number of carboxylic acid groups (broad SMARTS) is 1. The second-order valence-corrected chi connectivity index (χ2v) is 4.75. The molecular weight excluding hydrogens is 280 g/mol. The van der Waals surface area contributed by atoms with Crippen LogP contribution in [0, 0.1) is 11.6 Å². The molecule has 6 heteroatoms. The minimum absolute atomic E-state index is 0.0418. The number of anilines is 1. The summed E-state index contributed by atoms with van der Waals surface area (Å²) in [5, 5.41) is 8.84. The highest BCUT2D eigenvalue weighted by atomic mass is 19.1. The van der Waals surface area contributed by atoms with E-state index in [0.29, 0.717) is 13.2 Å². The molecule has 1 N–H and O–H groups in total. The first-order valence-electron chi connectivity index (χ1n) is 6.94. The van der Waals surface area contributed by atoms with E-state index in [-0.39, 0.29) is 11.7 Å². The molecule has 0 unspecified atom stereocenters. The number of methoxy groups -OCH3 is 1. The number of carbonyl (C=O) groups is 1. The van der Waals surface area contributed by atoms with E-state index >= 15 is 0 Å². The summed E-state index contributed by atoms with van der Waals surface area (Å²) >= 11 is 0. The Morgan fingerprint density at radius 1 is 1.29 bits per heavy atom. The normalized spacial score (nSPS) is 11.0. The van der Waals surface area contributed by atoms with Gasteiger partial charge in [-0.15, -0.1) is 0 Å². The van der Waals surface area contributed by atoms with Crippen molar-refractivity contribution in [3.05, 3.63) is 29.3 Å². The maximum absolute atomic E-state index is 14.2. The van der Waals surface area contributed by atoms with Crippen LogP contribution in [0.2, 0.25) is 0 Å². The molecule has 0 aliphatic rings. The van der Waals surface area contributed by atoms with E-state index in [1.54, 1.807) is 4.90 Å². The zero-order valence-electron chi connectivity index (χ0n) is 12.5. The van der Waals surface area contributed by atoms with E-state index in [1.807, 2.05) is 13.8 Å². The van der Waals surface area contributed by atoms with Gasteiger partial charge < -0.3 is 14.7 Å². The molecule has 1 rings (SSSR count). The first-order chi connectivity index (χ1) is 9.96. The lowest BCUT2D eigenvalue weighted by Gasteiger charge is -2.33. The van der Waals surface area contributed by atoms with Crippen LogP contribution in [0.3, 0.4) is 0 Å². The van der Waals surface area contributed by atoms with Crippen LogP contribution in [0.1, 0.15) is 37.0 Å². The lowest BCUT2D eigenvalue weighted by molar-refractivity contribution is 0.0695. The molecule has 118 valence electrons. The molecule has 1 aromatic rings. The summed E-state index contributed by atoms with van der Waals surface area (Å²) in [6.45, 7) is 4.55. The molecule has 1 aromatic carbocycles. The Kier molecular flexibility index (Phi) is 6.55. The third-order valence-electron chi connectivity index (χ3n) is 3.47. The van der Waals surface area contributed by atoms with Crippen molar-refractivity contribution < 1.29 is 23.4 Å². The number of nitrogens with zero attached hydrogens (tertiary/aromatic N) is 1. The fourth-order valence-electron chi connectivity index (χ4n) is 2.36. The monoisotopic (exact) mass is 301 g/mol. The van der Waals surface area contributed by atoms with Crippen molar-refractivity contribution in [2.75, 3.05) is 25.2 Å². The maximum Gasteiger partial charge on any atom is 0.335 e. The van der Waals surface area contributed by atoms with Crippen LogP contribution >= 0.6 is 0 Å². The van der Waals surface area contributed by atoms with Gasteiger partial charge in [0.15, 0.2) is 0 Å². The Morgan fingerprint density at radius 2 is 1.81 bits per heavy atom. The highest BCUT2D eigenvalue weighted by molar-refractivity contribution is 5.88. The van der Waals surface area contributed by atoms with Crippen LogP contribution in [0.5, 0.6) is 0 Å². The van der Waals surface area contributed by atoms with Gasteiger partial charge in [0.1, 0.15) is 17.3 Å². The van der Waals surface area contributed by atoms with Gasteiger partial charge in [0.25, 0.3) is 0 Å². The van der Waals surface area contributed by atoms with E-state index in [0.717, 1.165) is 25.0 Å². The Balaban J connectivity index is 3.26. The number of halogens is 2. The summed E-state index contributed by atoms with van der Waals surface area (Å²) in [5.74, 6) is -3.09. The standard InChI is InChI=1S/C15H21F2NO3/c1-4-11(5-2)18(6-7-21-3)14-12(16)8-10(15(19)20)9-13(14)17/h8-9,11H,4-7H2,1-3H3,(H,19,20). The molecule has 0 spiro atoms. The predicted octanol–water partition coefficient (Wildman–Crippen LogP) is 3.30. The van der Waals surface area contributed by atoms with Crippen LogP contribution in [0.4, 0.5) is 14.5 Å². The van der Waals surface area contributed by atoms with Crippen molar-refractivity contribution in [3.63, 3.8) is 0 Å². The number of hydrogen-bond donors (Lipinski definition) is 1. The third-order valence-corrected chi connectivity index (χ3v) is 3.47. The van der Waals surface area contributed by atoms with Gasteiger partial charge in [0, 0.05) is 19.7 Å². The first-order valence-corrected chi connectivity index (χ1v) is 6.94. The molecule has 0 radical (unpaired) electrons. The number of benzene rings is 1. The van der Waals surface area contributed by atoms with Gasteiger partial charge in [0.05, 0.1) is 12.2 Å². The molecular formula is C15H21F2NO3. The van der Waals surface area contributed by atoms with Crippen LogP contribution in [-0.2, 0) is 4.74 Å². The fraction of sp³-hybridized carbons (Fsp3) is 0.533. The summed E-state index contributed by atoms with van der Waals surface area (Å²) in [5.41, 5.74) is -0.587. The number of ether oxygens (including phenoxy) is 1. The molecule has 0 fully saturated rings. The zero-order chi connectivity index (χ0) is 16.0. The minimum Gasteiger partial charge on any atom is -0.478 e. The Morgan fingerprint density at radius 3 is 2.19 bits per heavy atom. The van der Waals surface area contributed by atoms with Crippen molar-refractivity contribution in [2.45, 2.75) is 32.7 Å². The SMILES string of the molecule is CCC(CC)N(CCOC)c1c(F)cc(C(=O)O)cc1F. The molecule has 4 nitrogen and oxygen atoms in total. The minimum atomic E-state index is -1.36. The molecule has 0 aliphatic carbocycles. The van der Waals surface area contributed by atoms with Crippen molar-refractivity contribution >= 4 is 11.7 Å². The van der Waals surface area contributed by atoms with Gasteiger partial charge in [-0.2, -0.15) is 0 Å². The highest BCUT2D eigenvalue weighted by Crippen LogP contribution is 2.28. The Labute approximate surface area is 123 Å². The van der Waals surface area contributed by atoms with Crippen LogP contribution in [0.15, 0.2) is 12.1 Å². The van der Waals surface area contributed by atoms with Crippen molar-refractivity contribution in [1.82, 2.24) is 0 Å². The molecule has 0 heterocycles. The van der Waals surface area contributed by atoms with Crippen molar-refractivity contribution in [3.8, 4) is 0 Å². The summed E-state index contributed by atoms with van der Waals surface area (Å²) in [6.07, 6.45) is 1.44. The van der Waals surface area contributed by atoms with Crippen molar-refractivity contribution in [1.29, 1.82) is 0 Å². The highest BCUT2D eigenvalue weighted by Gasteiger charge is 2.24. The second-order valence-electron chi connectivity index (χ2n) is 4.75. The molecule has 0 atom stereocenters. The van der Waals surface area contributed by atoms with Gasteiger partial charge in [-0.3, -0.25) is 0 Å². The van der Waals surface area contributed by atoms with E-state index in [9.17, 15) is 13.6 Å². The molecule has 0 saturated heterocycles. The molecule has 0 aliphatic heterocycles. The fourth-order valence-corrected chi connectivity index (χ4v) is 2.36. The average Bonchev–Trinajstić information content (AvgIpc) is 2.44. The number of rotatable bonds is 8. The third kappa shape index (κ3) is 4.14. The maximum atomic E-state index is 14.2. The Bertz CT molecular complexity index is 467. The van der Waals surface area contributed by atoms with Crippen molar-refractivity contribution in [2.24, 2.45) is 0 Å². The van der Waals surface area contributed by atoms with E-state index in [1.165, 1.54) is 7.11 Å². The predicted molar refractivity (Wildman–Crippen MR) is 76.9 cm³/mol. The quantitative estimate of drug-likeness (QED) is 0.800. The number of hydrogen-bond acceptors (Lipinski definition) is 3. The molecule has 0 saturated carbocycles. The zero-order valence-corrected chi connectivity index (χ0v) is 12.5. The first kappa shape index (κ1) is 17.4. The van der Waals surface area contributed by atoms with Gasteiger partial charge in [-0.1, -0.05) is 13.8 Å². The molecule has 0 aromatic heterocycles. The lowest BCUT2D eigenvalue weighted by atomic mass is 10.1. The largest absolute Gasteiger partial charge is 0.478 e.